The first-order valence-corrected chi connectivity index (χ1v) is 9.62. The number of hydrogen-bond acceptors (Lipinski definition) is 4. The average Bonchev–Trinajstić information content (AvgIpc) is 3.13. The number of rotatable bonds is 6. The Morgan fingerprint density at radius 1 is 1.19 bits per heavy atom. The van der Waals surface area contributed by atoms with Gasteiger partial charge in [-0.2, -0.15) is 0 Å². The molecular formula is C19H16Cl2N2O2S. The van der Waals surface area contributed by atoms with Crippen molar-refractivity contribution in [2.24, 2.45) is 0 Å². The van der Waals surface area contributed by atoms with Gasteiger partial charge in [-0.05, 0) is 36.8 Å². The van der Waals surface area contributed by atoms with Gasteiger partial charge in [0.05, 0.1) is 15.6 Å². The number of amides is 1. The topological polar surface area (TPSA) is 51.2 Å². The van der Waals surface area contributed by atoms with Crippen LogP contribution in [-0.2, 0) is 6.61 Å². The third-order valence-electron chi connectivity index (χ3n) is 3.57. The third kappa shape index (κ3) is 4.36. The molecule has 2 aromatic carbocycles. The Bertz CT molecular complexity index is 927. The van der Waals surface area contributed by atoms with Crippen LogP contribution in [0.1, 0.15) is 23.0 Å². The molecule has 3 rings (SSSR count). The van der Waals surface area contributed by atoms with Gasteiger partial charge in [0, 0.05) is 11.9 Å². The fourth-order valence-corrected chi connectivity index (χ4v) is 3.46. The van der Waals surface area contributed by atoms with Crippen molar-refractivity contribution in [2.45, 2.75) is 13.5 Å². The van der Waals surface area contributed by atoms with Gasteiger partial charge in [0.15, 0.2) is 0 Å². The highest BCUT2D eigenvalue weighted by molar-refractivity contribution is 7.13. The highest BCUT2D eigenvalue weighted by Gasteiger charge is 2.14. The lowest BCUT2D eigenvalue weighted by Gasteiger charge is -2.10. The summed E-state index contributed by atoms with van der Waals surface area (Å²) in [6.07, 6.45) is 0. The van der Waals surface area contributed by atoms with Gasteiger partial charge in [-0.25, -0.2) is 4.98 Å². The van der Waals surface area contributed by atoms with Gasteiger partial charge in [0.25, 0.3) is 5.91 Å². The Morgan fingerprint density at radius 2 is 2.00 bits per heavy atom. The molecule has 1 aromatic heterocycles. The molecule has 26 heavy (non-hydrogen) atoms. The molecule has 4 nitrogen and oxygen atoms in total. The molecule has 0 atom stereocenters. The summed E-state index contributed by atoms with van der Waals surface area (Å²) in [7, 11) is 0. The van der Waals surface area contributed by atoms with E-state index >= 15 is 0 Å². The SMILES string of the molecule is CCNC(=O)c1csc(-c2ccccc2OCc2ccc(Cl)c(Cl)c2)n1. The fraction of sp³-hybridized carbons (Fsp3) is 0.158. The number of aromatic nitrogens is 1. The summed E-state index contributed by atoms with van der Waals surface area (Å²) >= 11 is 13.4. The maximum Gasteiger partial charge on any atom is 0.270 e. The van der Waals surface area contributed by atoms with Crippen molar-refractivity contribution in [3.63, 3.8) is 0 Å². The van der Waals surface area contributed by atoms with E-state index in [1.165, 1.54) is 11.3 Å². The van der Waals surface area contributed by atoms with Gasteiger partial charge in [-0.15, -0.1) is 11.3 Å². The molecular weight excluding hydrogens is 391 g/mol. The fourth-order valence-electron chi connectivity index (χ4n) is 2.31. The highest BCUT2D eigenvalue weighted by atomic mass is 35.5. The summed E-state index contributed by atoms with van der Waals surface area (Å²) in [6, 6.07) is 13.0. The van der Waals surface area contributed by atoms with Crippen LogP contribution >= 0.6 is 34.5 Å². The van der Waals surface area contributed by atoms with E-state index in [1.807, 2.05) is 37.3 Å². The molecule has 0 aliphatic rings. The Hall–Kier alpha value is -2.08. The first-order chi connectivity index (χ1) is 12.6. The number of ether oxygens (including phenoxy) is 1. The van der Waals surface area contributed by atoms with Gasteiger partial charge in [0.1, 0.15) is 23.1 Å². The van der Waals surface area contributed by atoms with Crippen LogP contribution in [0.2, 0.25) is 10.0 Å². The number of hydrogen-bond donors (Lipinski definition) is 1. The van der Waals surface area contributed by atoms with Crippen molar-refractivity contribution in [3.05, 3.63) is 69.1 Å². The third-order valence-corrected chi connectivity index (χ3v) is 5.18. The highest BCUT2D eigenvalue weighted by Crippen LogP contribution is 2.33. The van der Waals surface area contributed by atoms with Gasteiger partial charge >= 0.3 is 0 Å². The van der Waals surface area contributed by atoms with Gasteiger partial charge in [-0.3, -0.25) is 4.79 Å². The van der Waals surface area contributed by atoms with Crippen LogP contribution in [0.25, 0.3) is 10.6 Å². The minimum atomic E-state index is -0.177. The molecule has 0 fully saturated rings. The lowest BCUT2D eigenvalue weighted by Crippen LogP contribution is -2.22. The van der Waals surface area contributed by atoms with E-state index < -0.39 is 0 Å². The van der Waals surface area contributed by atoms with Crippen LogP contribution in [-0.4, -0.2) is 17.4 Å². The summed E-state index contributed by atoms with van der Waals surface area (Å²) in [5, 5.41) is 6.23. The molecule has 0 radical (unpaired) electrons. The smallest absolute Gasteiger partial charge is 0.270 e. The van der Waals surface area contributed by atoms with E-state index in [0.29, 0.717) is 34.6 Å². The number of benzene rings is 2. The summed E-state index contributed by atoms with van der Waals surface area (Å²) in [6.45, 7) is 2.79. The molecule has 0 unspecified atom stereocenters. The maximum absolute atomic E-state index is 11.9. The summed E-state index contributed by atoms with van der Waals surface area (Å²) in [5.41, 5.74) is 2.16. The zero-order valence-corrected chi connectivity index (χ0v) is 16.3. The van der Waals surface area contributed by atoms with E-state index in [1.54, 1.807) is 17.5 Å². The Kier molecular flexibility index (Phi) is 6.14. The monoisotopic (exact) mass is 406 g/mol. The number of carbonyl (C=O) groups is 1. The zero-order chi connectivity index (χ0) is 18.5. The van der Waals surface area contributed by atoms with E-state index in [4.69, 9.17) is 27.9 Å². The van der Waals surface area contributed by atoms with Crippen LogP contribution in [0.3, 0.4) is 0 Å². The molecule has 0 bridgehead atoms. The standard InChI is InChI=1S/C19H16Cl2N2O2S/c1-2-22-18(24)16-11-26-19(23-16)13-5-3-4-6-17(13)25-10-12-7-8-14(20)15(21)9-12/h3-9,11H,2,10H2,1H3,(H,22,24). The number of nitrogens with zero attached hydrogens (tertiary/aromatic N) is 1. The maximum atomic E-state index is 11.9. The minimum Gasteiger partial charge on any atom is -0.488 e. The molecule has 0 aliphatic carbocycles. The van der Waals surface area contributed by atoms with E-state index in [9.17, 15) is 4.79 Å². The molecule has 1 N–H and O–H groups in total. The number of thiazole rings is 1. The molecule has 0 spiro atoms. The largest absolute Gasteiger partial charge is 0.488 e. The normalized spacial score (nSPS) is 10.6. The quantitative estimate of drug-likeness (QED) is 0.592. The van der Waals surface area contributed by atoms with E-state index in [0.717, 1.165) is 16.1 Å². The Balaban J connectivity index is 1.80. The molecule has 134 valence electrons. The number of nitrogens with one attached hydrogen (secondary N) is 1. The molecule has 0 aliphatic heterocycles. The number of halogens is 2. The first kappa shape index (κ1) is 18.7. The molecule has 1 amide bonds. The van der Waals surface area contributed by atoms with Crippen molar-refractivity contribution in [1.29, 1.82) is 0 Å². The second-order valence-corrected chi connectivity index (χ2v) is 7.10. The summed E-state index contributed by atoms with van der Waals surface area (Å²) in [5.74, 6) is 0.513. The summed E-state index contributed by atoms with van der Waals surface area (Å²) < 4.78 is 5.95. The van der Waals surface area contributed by atoms with E-state index in [2.05, 4.69) is 10.3 Å². The Labute approximate surface area is 165 Å². The molecule has 0 saturated heterocycles. The van der Waals surface area contributed by atoms with Crippen LogP contribution < -0.4 is 10.1 Å². The lowest BCUT2D eigenvalue weighted by atomic mass is 10.2. The molecule has 1 heterocycles. The first-order valence-electron chi connectivity index (χ1n) is 7.98. The second kappa shape index (κ2) is 8.54. The van der Waals surface area contributed by atoms with Crippen LogP contribution in [0, 0.1) is 0 Å². The van der Waals surface area contributed by atoms with Crippen LogP contribution in [0.4, 0.5) is 0 Å². The van der Waals surface area contributed by atoms with Crippen LogP contribution in [0.5, 0.6) is 5.75 Å². The van der Waals surface area contributed by atoms with Gasteiger partial charge < -0.3 is 10.1 Å². The Morgan fingerprint density at radius 3 is 2.77 bits per heavy atom. The number of para-hydroxylation sites is 1. The lowest BCUT2D eigenvalue weighted by molar-refractivity contribution is 0.0951. The van der Waals surface area contributed by atoms with E-state index in [-0.39, 0.29) is 5.91 Å². The van der Waals surface area contributed by atoms with Crippen molar-refractivity contribution in [1.82, 2.24) is 10.3 Å². The van der Waals surface area contributed by atoms with Crippen molar-refractivity contribution in [3.8, 4) is 16.3 Å². The van der Waals surface area contributed by atoms with Crippen LogP contribution in [0.15, 0.2) is 47.8 Å². The molecule has 3 aromatic rings. The number of carbonyl (C=O) groups excluding carboxylic acids is 1. The predicted molar refractivity (Wildman–Crippen MR) is 106 cm³/mol. The minimum absolute atomic E-state index is 0.177. The van der Waals surface area contributed by atoms with Crippen molar-refractivity contribution < 1.29 is 9.53 Å². The molecule has 0 saturated carbocycles. The van der Waals surface area contributed by atoms with Crippen molar-refractivity contribution in [2.75, 3.05) is 6.54 Å². The average molecular weight is 407 g/mol. The van der Waals surface area contributed by atoms with Gasteiger partial charge in [-0.1, -0.05) is 41.4 Å². The summed E-state index contributed by atoms with van der Waals surface area (Å²) in [4.78, 5) is 16.4. The van der Waals surface area contributed by atoms with Gasteiger partial charge in [0.2, 0.25) is 0 Å². The molecule has 7 heteroatoms. The zero-order valence-electron chi connectivity index (χ0n) is 14.0. The second-order valence-electron chi connectivity index (χ2n) is 5.43. The van der Waals surface area contributed by atoms with Crippen molar-refractivity contribution >= 4 is 40.4 Å². The predicted octanol–water partition coefficient (Wildman–Crippen LogP) is 5.45.